The molecule has 4 rings (SSSR count). The molecule has 0 radical (unpaired) electrons. The van der Waals surface area contributed by atoms with Crippen LogP contribution in [0.25, 0.3) is 11.3 Å². The van der Waals surface area contributed by atoms with Gasteiger partial charge in [0.1, 0.15) is 6.54 Å². The van der Waals surface area contributed by atoms with Gasteiger partial charge in [0.15, 0.2) is 0 Å². The number of aryl methyl sites for hydroxylation is 1. The standard InChI is InChI=1S/C21H22N6O2/c1-15-7-8-20(29)27(25-15)14-19(28)23-17-10-12-26(13-17)21-22-11-9-18(24-21)16-5-3-2-4-6-16/h2-9,11,17H,10,12-14H2,1H3,(H,23,28). The third-order valence-corrected chi connectivity index (χ3v) is 4.84. The van der Waals surface area contributed by atoms with Crippen LogP contribution in [0.1, 0.15) is 12.1 Å². The van der Waals surface area contributed by atoms with E-state index in [0.717, 1.165) is 24.2 Å². The van der Waals surface area contributed by atoms with Gasteiger partial charge in [-0.05, 0) is 25.5 Å². The Morgan fingerprint density at radius 3 is 2.83 bits per heavy atom. The molecule has 0 saturated carbocycles. The van der Waals surface area contributed by atoms with E-state index in [-0.39, 0.29) is 24.1 Å². The molecule has 0 spiro atoms. The smallest absolute Gasteiger partial charge is 0.267 e. The van der Waals surface area contributed by atoms with E-state index in [1.807, 2.05) is 36.4 Å². The maximum atomic E-state index is 12.4. The van der Waals surface area contributed by atoms with Crippen LogP contribution in [0.2, 0.25) is 0 Å². The number of anilines is 1. The Morgan fingerprint density at radius 2 is 2.00 bits per heavy atom. The monoisotopic (exact) mass is 390 g/mol. The molecule has 0 bridgehead atoms. The maximum absolute atomic E-state index is 12.4. The topological polar surface area (TPSA) is 93.0 Å². The van der Waals surface area contributed by atoms with Crippen molar-refractivity contribution in [2.24, 2.45) is 0 Å². The second kappa shape index (κ2) is 8.22. The molecule has 1 amide bonds. The highest BCUT2D eigenvalue weighted by Crippen LogP contribution is 2.21. The fourth-order valence-corrected chi connectivity index (χ4v) is 3.40. The van der Waals surface area contributed by atoms with Crippen LogP contribution in [0.4, 0.5) is 5.95 Å². The minimum absolute atomic E-state index is 0.0213. The molecule has 0 aliphatic carbocycles. The van der Waals surface area contributed by atoms with E-state index in [9.17, 15) is 9.59 Å². The number of aromatic nitrogens is 4. The van der Waals surface area contributed by atoms with Gasteiger partial charge in [-0.25, -0.2) is 14.6 Å². The van der Waals surface area contributed by atoms with Crippen LogP contribution in [0.5, 0.6) is 0 Å². The Bertz CT molecular complexity index is 1070. The largest absolute Gasteiger partial charge is 0.350 e. The van der Waals surface area contributed by atoms with Crippen LogP contribution in [-0.4, -0.2) is 44.8 Å². The average molecular weight is 390 g/mol. The number of carbonyl (C=O) groups is 1. The molecule has 3 heterocycles. The highest BCUT2D eigenvalue weighted by atomic mass is 16.2. The zero-order valence-corrected chi connectivity index (χ0v) is 16.2. The van der Waals surface area contributed by atoms with Crippen LogP contribution in [-0.2, 0) is 11.3 Å². The summed E-state index contributed by atoms with van der Waals surface area (Å²) in [6, 6.07) is 14.9. The number of nitrogens with zero attached hydrogens (tertiary/aromatic N) is 5. The lowest BCUT2D eigenvalue weighted by atomic mass is 10.1. The second-order valence-corrected chi connectivity index (χ2v) is 7.08. The fourth-order valence-electron chi connectivity index (χ4n) is 3.40. The molecule has 1 aromatic carbocycles. The van der Waals surface area contributed by atoms with Gasteiger partial charge in [-0.1, -0.05) is 30.3 Å². The van der Waals surface area contributed by atoms with Crippen molar-refractivity contribution in [1.29, 1.82) is 0 Å². The lowest BCUT2D eigenvalue weighted by Gasteiger charge is -2.17. The van der Waals surface area contributed by atoms with Gasteiger partial charge in [0, 0.05) is 37.0 Å². The number of amides is 1. The molecule has 1 atom stereocenters. The second-order valence-electron chi connectivity index (χ2n) is 7.08. The van der Waals surface area contributed by atoms with Gasteiger partial charge in [-0.15, -0.1) is 0 Å². The van der Waals surface area contributed by atoms with E-state index >= 15 is 0 Å². The van der Waals surface area contributed by atoms with Crippen molar-refractivity contribution in [3.8, 4) is 11.3 Å². The first-order valence-electron chi connectivity index (χ1n) is 9.56. The summed E-state index contributed by atoms with van der Waals surface area (Å²) >= 11 is 0. The van der Waals surface area contributed by atoms with Crippen molar-refractivity contribution in [1.82, 2.24) is 25.1 Å². The fraction of sp³-hybridized carbons (Fsp3) is 0.286. The van der Waals surface area contributed by atoms with Crippen LogP contribution in [0, 0.1) is 6.92 Å². The molecule has 1 aliphatic heterocycles. The van der Waals surface area contributed by atoms with Gasteiger partial charge in [-0.2, -0.15) is 5.10 Å². The molecular weight excluding hydrogens is 368 g/mol. The van der Waals surface area contributed by atoms with Crippen LogP contribution in [0.3, 0.4) is 0 Å². The molecule has 3 aromatic rings. The van der Waals surface area contributed by atoms with E-state index in [2.05, 4.69) is 25.3 Å². The van der Waals surface area contributed by atoms with E-state index in [1.165, 1.54) is 10.7 Å². The zero-order chi connectivity index (χ0) is 20.2. The summed E-state index contributed by atoms with van der Waals surface area (Å²) in [5, 5.41) is 7.09. The zero-order valence-electron chi connectivity index (χ0n) is 16.2. The van der Waals surface area contributed by atoms with Crippen LogP contribution in [0.15, 0.2) is 59.5 Å². The summed E-state index contributed by atoms with van der Waals surface area (Å²) in [7, 11) is 0. The Hall–Kier alpha value is -3.55. The molecule has 29 heavy (non-hydrogen) atoms. The highest BCUT2D eigenvalue weighted by molar-refractivity contribution is 5.76. The Kier molecular flexibility index (Phi) is 5.33. The molecule has 1 aliphatic rings. The SMILES string of the molecule is Cc1ccc(=O)n(CC(=O)NC2CCN(c3nccc(-c4ccccc4)n3)C2)n1. The third kappa shape index (κ3) is 4.48. The summed E-state index contributed by atoms with van der Waals surface area (Å²) in [5.74, 6) is 0.427. The highest BCUT2D eigenvalue weighted by Gasteiger charge is 2.26. The lowest BCUT2D eigenvalue weighted by Crippen LogP contribution is -2.41. The number of carbonyl (C=O) groups excluding carboxylic acids is 1. The molecule has 148 valence electrons. The number of nitrogens with one attached hydrogen (secondary N) is 1. The van der Waals surface area contributed by atoms with Crippen LogP contribution >= 0.6 is 0 Å². The summed E-state index contributed by atoms with van der Waals surface area (Å²) in [6.45, 7) is 3.08. The number of rotatable bonds is 5. The Labute approximate surface area is 168 Å². The summed E-state index contributed by atoms with van der Waals surface area (Å²) in [6.07, 6.45) is 2.55. The predicted molar refractivity (Wildman–Crippen MR) is 109 cm³/mol. The van der Waals surface area contributed by atoms with E-state index < -0.39 is 0 Å². The van der Waals surface area contributed by atoms with Crippen LogP contribution < -0.4 is 15.8 Å². The summed E-state index contributed by atoms with van der Waals surface area (Å²) in [4.78, 5) is 35.3. The molecule has 1 saturated heterocycles. The summed E-state index contributed by atoms with van der Waals surface area (Å²) < 4.78 is 1.18. The molecule has 2 aromatic heterocycles. The molecular formula is C21H22N6O2. The van der Waals surface area contributed by atoms with Crippen molar-refractivity contribution in [2.45, 2.75) is 25.9 Å². The van der Waals surface area contributed by atoms with E-state index in [4.69, 9.17) is 0 Å². The van der Waals surface area contributed by atoms with Gasteiger partial charge in [-0.3, -0.25) is 9.59 Å². The van der Waals surface area contributed by atoms with Crippen molar-refractivity contribution in [3.05, 3.63) is 70.8 Å². The molecule has 1 fully saturated rings. The molecule has 1 N–H and O–H groups in total. The van der Waals surface area contributed by atoms with Crippen molar-refractivity contribution >= 4 is 11.9 Å². The van der Waals surface area contributed by atoms with Crippen molar-refractivity contribution in [2.75, 3.05) is 18.0 Å². The molecule has 8 heteroatoms. The molecule has 1 unspecified atom stereocenters. The minimum Gasteiger partial charge on any atom is -0.350 e. The maximum Gasteiger partial charge on any atom is 0.267 e. The Morgan fingerprint density at radius 1 is 1.17 bits per heavy atom. The normalized spacial score (nSPS) is 16.0. The first-order chi connectivity index (χ1) is 14.1. The number of hydrogen-bond acceptors (Lipinski definition) is 6. The van der Waals surface area contributed by atoms with Gasteiger partial charge in [0.25, 0.3) is 5.56 Å². The molecule has 8 nitrogen and oxygen atoms in total. The van der Waals surface area contributed by atoms with E-state index in [1.54, 1.807) is 19.2 Å². The van der Waals surface area contributed by atoms with Crippen molar-refractivity contribution < 1.29 is 4.79 Å². The van der Waals surface area contributed by atoms with Gasteiger partial charge >= 0.3 is 0 Å². The van der Waals surface area contributed by atoms with Crippen molar-refractivity contribution in [3.63, 3.8) is 0 Å². The van der Waals surface area contributed by atoms with Gasteiger partial charge in [0.2, 0.25) is 11.9 Å². The third-order valence-electron chi connectivity index (χ3n) is 4.84. The lowest BCUT2D eigenvalue weighted by molar-refractivity contribution is -0.122. The average Bonchev–Trinajstić information content (AvgIpc) is 3.20. The quantitative estimate of drug-likeness (QED) is 0.708. The summed E-state index contributed by atoms with van der Waals surface area (Å²) in [5.41, 5.74) is 2.31. The van der Waals surface area contributed by atoms with Gasteiger partial charge < -0.3 is 10.2 Å². The predicted octanol–water partition coefficient (Wildman–Crippen LogP) is 1.40. The first-order valence-corrected chi connectivity index (χ1v) is 9.56. The number of hydrogen-bond donors (Lipinski definition) is 1. The number of benzene rings is 1. The van der Waals surface area contributed by atoms with Gasteiger partial charge in [0.05, 0.1) is 11.4 Å². The van der Waals surface area contributed by atoms with E-state index in [0.29, 0.717) is 18.2 Å². The Balaban J connectivity index is 1.39. The minimum atomic E-state index is -0.287. The first kappa shape index (κ1) is 18.8.